The van der Waals surface area contributed by atoms with Crippen molar-refractivity contribution in [1.29, 1.82) is 0 Å². The number of benzene rings is 1. The molecule has 1 heterocycles. The Morgan fingerprint density at radius 3 is 2.25 bits per heavy atom. The van der Waals surface area contributed by atoms with Gasteiger partial charge in [0.1, 0.15) is 5.76 Å². The molecular weight excluding hydrogens is 316 g/mol. The van der Waals surface area contributed by atoms with Crippen molar-refractivity contribution in [2.45, 2.75) is 45.4 Å². The highest BCUT2D eigenvalue weighted by molar-refractivity contribution is 6.70. The van der Waals surface area contributed by atoms with Crippen LogP contribution in [0.5, 0.6) is 0 Å². The van der Waals surface area contributed by atoms with Crippen LogP contribution < -0.4 is 0 Å². The van der Waals surface area contributed by atoms with Crippen molar-refractivity contribution >= 4 is 14.6 Å². The van der Waals surface area contributed by atoms with Crippen LogP contribution >= 0.6 is 0 Å². The highest BCUT2D eigenvalue weighted by atomic mass is 28.4. The van der Waals surface area contributed by atoms with E-state index >= 15 is 0 Å². The Morgan fingerprint density at radius 1 is 0.958 bits per heavy atom. The molecule has 3 nitrogen and oxygen atoms in total. The van der Waals surface area contributed by atoms with Crippen molar-refractivity contribution in [2.24, 2.45) is 0 Å². The van der Waals surface area contributed by atoms with E-state index < -0.39 is 8.56 Å². The van der Waals surface area contributed by atoms with Gasteiger partial charge >= 0.3 is 8.56 Å². The Bertz CT molecular complexity index is 595. The average molecular weight is 345 g/mol. The van der Waals surface area contributed by atoms with Gasteiger partial charge in [-0.05, 0) is 28.8 Å². The molecule has 0 amide bonds. The summed E-state index contributed by atoms with van der Waals surface area (Å²) in [5.41, 5.74) is 1.90. The molecule has 1 aromatic carbocycles. The zero-order chi connectivity index (χ0) is 17.4. The van der Waals surface area contributed by atoms with Gasteiger partial charge in [-0.25, -0.2) is 0 Å². The van der Waals surface area contributed by atoms with Gasteiger partial charge in [0.25, 0.3) is 0 Å². The molecule has 0 bridgehead atoms. The van der Waals surface area contributed by atoms with Crippen molar-refractivity contribution in [2.75, 3.05) is 6.61 Å². The molecule has 4 heteroatoms. The van der Waals surface area contributed by atoms with Crippen molar-refractivity contribution in [3.8, 4) is 0 Å². The highest BCUT2D eigenvalue weighted by Gasteiger charge is 2.45. The summed E-state index contributed by atoms with van der Waals surface area (Å²) >= 11 is 0. The zero-order valence-corrected chi connectivity index (χ0v) is 16.1. The summed E-state index contributed by atoms with van der Waals surface area (Å²) in [5.74, 6) is 0.844. The topological polar surface area (TPSA) is 31.6 Å². The van der Waals surface area contributed by atoms with Crippen LogP contribution in [0.3, 0.4) is 0 Å². The number of furan rings is 1. The molecular formula is C20H28O3Si. The van der Waals surface area contributed by atoms with Crippen LogP contribution in [-0.4, -0.2) is 15.2 Å². The predicted octanol–water partition coefficient (Wildman–Crippen LogP) is 5.79. The van der Waals surface area contributed by atoms with Gasteiger partial charge in [0.15, 0.2) is 0 Å². The van der Waals surface area contributed by atoms with Crippen LogP contribution in [0.15, 0.2) is 59.2 Å². The van der Waals surface area contributed by atoms with Gasteiger partial charge in [-0.15, -0.1) is 0 Å². The lowest BCUT2D eigenvalue weighted by Gasteiger charge is -2.37. The molecule has 0 saturated carbocycles. The Balaban J connectivity index is 2.00. The fourth-order valence-electron chi connectivity index (χ4n) is 2.88. The first-order valence-corrected chi connectivity index (χ1v) is 10.5. The fraction of sp³-hybridized carbons (Fsp3) is 0.400. The van der Waals surface area contributed by atoms with E-state index in [1.54, 1.807) is 6.26 Å². The molecule has 0 N–H and O–H groups in total. The standard InChI is InChI=1S/C20H28O3Si/c1-17(2)24(18(3)4,23-16-20-13-9-14-21-20)22-15-8-12-19-10-6-5-7-11-19/h5-14,17-18H,15-16H2,1-4H3/b12-8+. The first kappa shape index (κ1) is 18.7. The van der Waals surface area contributed by atoms with E-state index in [0.29, 0.717) is 24.3 Å². The Kier molecular flexibility index (Phi) is 7.03. The van der Waals surface area contributed by atoms with E-state index in [2.05, 4.69) is 52.0 Å². The second-order valence-electron chi connectivity index (χ2n) is 6.52. The third-order valence-electron chi connectivity index (χ3n) is 4.14. The summed E-state index contributed by atoms with van der Waals surface area (Å²) in [6, 6.07) is 14.1. The van der Waals surface area contributed by atoms with Gasteiger partial charge in [-0.2, -0.15) is 0 Å². The SMILES string of the molecule is CC(C)[Si](OC/C=C/c1ccccc1)(OCc1ccco1)C(C)C. The molecule has 0 saturated heterocycles. The van der Waals surface area contributed by atoms with Crippen LogP contribution in [-0.2, 0) is 15.5 Å². The first-order valence-electron chi connectivity index (χ1n) is 8.56. The van der Waals surface area contributed by atoms with Gasteiger partial charge in [-0.1, -0.05) is 70.2 Å². The van der Waals surface area contributed by atoms with Crippen molar-refractivity contribution < 1.29 is 13.3 Å². The number of hydrogen-bond donors (Lipinski definition) is 0. The van der Waals surface area contributed by atoms with Gasteiger partial charge in [0, 0.05) is 0 Å². The highest BCUT2D eigenvalue weighted by Crippen LogP contribution is 2.35. The summed E-state index contributed by atoms with van der Waals surface area (Å²) in [4.78, 5) is 0. The lowest BCUT2D eigenvalue weighted by Crippen LogP contribution is -2.48. The average Bonchev–Trinajstić information content (AvgIpc) is 3.08. The first-order chi connectivity index (χ1) is 11.5. The monoisotopic (exact) mass is 344 g/mol. The summed E-state index contributed by atoms with van der Waals surface area (Å²) in [5, 5.41) is 0. The fourth-order valence-corrected chi connectivity index (χ4v) is 6.35. The van der Waals surface area contributed by atoms with Gasteiger partial charge in [0.2, 0.25) is 0 Å². The Hall–Kier alpha value is -1.62. The van der Waals surface area contributed by atoms with Crippen LogP contribution in [0.4, 0.5) is 0 Å². The Morgan fingerprint density at radius 2 is 1.67 bits per heavy atom. The molecule has 0 aliphatic heterocycles. The van der Waals surface area contributed by atoms with Crippen molar-refractivity contribution in [3.05, 3.63) is 66.1 Å². The van der Waals surface area contributed by atoms with Gasteiger partial charge < -0.3 is 13.3 Å². The van der Waals surface area contributed by atoms with Gasteiger partial charge in [-0.3, -0.25) is 0 Å². The van der Waals surface area contributed by atoms with Crippen LogP contribution in [0.1, 0.15) is 39.0 Å². The van der Waals surface area contributed by atoms with Gasteiger partial charge in [0.05, 0.1) is 19.5 Å². The maximum atomic E-state index is 6.36. The summed E-state index contributed by atoms with van der Waals surface area (Å²) in [6.07, 6.45) is 5.83. The second-order valence-corrected chi connectivity index (χ2v) is 10.9. The molecule has 1 aromatic heterocycles. The zero-order valence-electron chi connectivity index (χ0n) is 15.1. The van der Waals surface area contributed by atoms with E-state index in [9.17, 15) is 0 Å². The third kappa shape index (κ3) is 4.93. The minimum Gasteiger partial charge on any atom is -0.467 e. The van der Waals surface area contributed by atoms with Crippen LogP contribution in [0, 0.1) is 0 Å². The normalized spacial score (nSPS) is 12.6. The molecule has 0 spiro atoms. The van der Waals surface area contributed by atoms with Crippen LogP contribution in [0.25, 0.3) is 6.08 Å². The molecule has 130 valence electrons. The van der Waals surface area contributed by atoms with Crippen molar-refractivity contribution in [3.63, 3.8) is 0 Å². The van der Waals surface area contributed by atoms with E-state index in [0.717, 1.165) is 5.76 Å². The molecule has 0 fully saturated rings. The molecule has 0 unspecified atom stereocenters. The quantitative estimate of drug-likeness (QED) is 0.540. The maximum absolute atomic E-state index is 6.36. The lowest BCUT2D eigenvalue weighted by atomic mass is 10.2. The van der Waals surface area contributed by atoms with E-state index in [1.807, 2.05) is 30.3 Å². The van der Waals surface area contributed by atoms with E-state index in [1.165, 1.54) is 5.56 Å². The summed E-state index contributed by atoms with van der Waals surface area (Å²) in [7, 11) is -2.36. The van der Waals surface area contributed by atoms with Crippen LogP contribution in [0.2, 0.25) is 11.1 Å². The predicted molar refractivity (Wildman–Crippen MR) is 101 cm³/mol. The lowest BCUT2D eigenvalue weighted by molar-refractivity contribution is 0.148. The molecule has 2 aromatic rings. The summed E-state index contributed by atoms with van der Waals surface area (Å²) in [6.45, 7) is 9.79. The number of hydrogen-bond acceptors (Lipinski definition) is 3. The minimum atomic E-state index is -2.36. The smallest absolute Gasteiger partial charge is 0.344 e. The molecule has 0 aliphatic rings. The summed E-state index contributed by atoms with van der Waals surface area (Å²) < 4.78 is 18.1. The largest absolute Gasteiger partial charge is 0.467 e. The molecule has 0 atom stereocenters. The minimum absolute atomic E-state index is 0.359. The maximum Gasteiger partial charge on any atom is 0.344 e. The number of rotatable bonds is 9. The second kappa shape index (κ2) is 9.02. The Labute approximate surface area is 146 Å². The molecule has 24 heavy (non-hydrogen) atoms. The molecule has 0 aliphatic carbocycles. The van der Waals surface area contributed by atoms with Crippen molar-refractivity contribution in [1.82, 2.24) is 0 Å². The molecule has 0 radical (unpaired) electrons. The molecule has 2 rings (SSSR count). The third-order valence-corrected chi connectivity index (χ3v) is 8.58. The van der Waals surface area contributed by atoms with E-state index in [4.69, 9.17) is 13.3 Å². The van der Waals surface area contributed by atoms with E-state index in [-0.39, 0.29) is 0 Å².